The van der Waals surface area contributed by atoms with Gasteiger partial charge in [-0.15, -0.1) is 0 Å². The molecule has 2 heterocycles. The fraction of sp³-hybridized carbons (Fsp3) is 0.333. The zero-order valence-electron chi connectivity index (χ0n) is 13.5. The topological polar surface area (TPSA) is 74.1 Å². The van der Waals surface area contributed by atoms with Gasteiger partial charge < -0.3 is 0 Å². The highest BCUT2D eigenvalue weighted by Crippen LogP contribution is 2.24. The second-order valence-electron chi connectivity index (χ2n) is 6.16. The van der Waals surface area contributed by atoms with Crippen molar-refractivity contribution < 1.29 is 8.42 Å². The summed E-state index contributed by atoms with van der Waals surface area (Å²) in [4.78, 5) is 4.36. The standard InChI is InChI=1S/C18H19N3O2S/c1-14-4-3-11-21(13-14)24(22,23)18-6-2-5-17(20-18)16-9-7-15(12-19)8-10-16/h2,5-10,14H,3-4,11,13H2,1H3. The Balaban J connectivity index is 1.93. The summed E-state index contributed by atoms with van der Waals surface area (Å²) in [6.45, 7) is 3.17. The first kappa shape index (κ1) is 16.6. The molecule has 1 unspecified atom stereocenters. The van der Waals surface area contributed by atoms with Crippen LogP contribution in [-0.2, 0) is 10.0 Å². The van der Waals surface area contributed by atoms with E-state index in [2.05, 4.69) is 18.0 Å². The molecule has 24 heavy (non-hydrogen) atoms. The minimum absolute atomic E-state index is 0.0819. The van der Waals surface area contributed by atoms with Crippen LogP contribution in [0.15, 0.2) is 47.5 Å². The van der Waals surface area contributed by atoms with Crippen LogP contribution in [-0.4, -0.2) is 30.8 Å². The molecule has 0 spiro atoms. The zero-order valence-corrected chi connectivity index (χ0v) is 14.3. The third kappa shape index (κ3) is 3.32. The van der Waals surface area contributed by atoms with Gasteiger partial charge in [-0.05, 0) is 43.0 Å². The summed E-state index contributed by atoms with van der Waals surface area (Å²) >= 11 is 0. The number of aromatic nitrogens is 1. The van der Waals surface area contributed by atoms with Crippen molar-refractivity contribution in [1.29, 1.82) is 5.26 Å². The van der Waals surface area contributed by atoms with Crippen LogP contribution in [0.25, 0.3) is 11.3 Å². The van der Waals surface area contributed by atoms with Crippen LogP contribution in [0.2, 0.25) is 0 Å². The Morgan fingerprint density at radius 2 is 1.96 bits per heavy atom. The van der Waals surface area contributed by atoms with Crippen LogP contribution in [0, 0.1) is 17.2 Å². The molecule has 1 aliphatic rings. The number of pyridine rings is 1. The predicted octanol–water partition coefficient (Wildman–Crippen LogP) is 3.04. The number of piperidine rings is 1. The summed E-state index contributed by atoms with van der Waals surface area (Å²) in [5.74, 6) is 0.371. The molecule has 0 aliphatic carbocycles. The lowest BCUT2D eigenvalue weighted by Gasteiger charge is -2.29. The molecule has 1 fully saturated rings. The fourth-order valence-corrected chi connectivity index (χ4v) is 4.48. The maximum absolute atomic E-state index is 12.8. The monoisotopic (exact) mass is 341 g/mol. The highest BCUT2D eigenvalue weighted by molar-refractivity contribution is 7.89. The average molecular weight is 341 g/mol. The number of rotatable bonds is 3. The zero-order chi connectivity index (χ0) is 17.2. The first-order valence-corrected chi connectivity index (χ1v) is 9.42. The van der Waals surface area contributed by atoms with Crippen molar-refractivity contribution in [3.05, 3.63) is 48.0 Å². The van der Waals surface area contributed by atoms with Gasteiger partial charge in [0, 0.05) is 18.7 Å². The van der Waals surface area contributed by atoms with E-state index in [0.717, 1.165) is 18.4 Å². The van der Waals surface area contributed by atoms with E-state index in [0.29, 0.717) is 30.3 Å². The van der Waals surface area contributed by atoms with E-state index in [1.807, 2.05) is 0 Å². The molecule has 0 amide bonds. The van der Waals surface area contributed by atoms with Gasteiger partial charge in [0.1, 0.15) is 0 Å². The van der Waals surface area contributed by atoms with Crippen LogP contribution in [0.1, 0.15) is 25.3 Å². The van der Waals surface area contributed by atoms with Crippen LogP contribution < -0.4 is 0 Å². The lowest BCUT2D eigenvalue weighted by atomic mass is 10.0. The van der Waals surface area contributed by atoms with Gasteiger partial charge in [0.15, 0.2) is 5.03 Å². The smallest absolute Gasteiger partial charge is 0.235 e. The minimum Gasteiger partial charge on any atom is -0.235 e. The van der Waals surface area contributed by atoms with Gasteiger partial charge in [0.2, 0.25) is 0 Å². The number of hydrogen-bond donors (Lipinski definition) is 0. The van der Waals surface area contributed by atoms with Crippen LogP contribution in [0.4, 0.5) is 0 Å². The van der Waals surface area contributed by atoms with Crippen molar-refractivity contribution in [2.24, 2.45) is 5.92 Å². The number of benzene rings is 1. The Morgan fingerprint density at radius 3 is 2.62 bits per heavy atom. The second-order valence-corrected chi connectivity index (χ2v) is 8.05. The Morgan fingerprint density at radius 1 is 1.21 bits per heavy atom. The maximum atomic E-state index is 12.8. The molecule has 0 saturated carbocycles. The number of nitrogens with zero attached hydrogens (tertiary/aromatic N) is 3. The van der Waals surface area contributed by atoms with Gasteiger partial charge in [0.05, 0.1) is 17.3 Å². The normalized spacial score (nSPS) is 18.9. The number of hydrogen-bond acceptors (Lipinski definition) is 4. The van der Waals surface area contributed by atoms with Crippen LogP contribution in [0.3, 0.4) is 0 Å². The molecule has 0 N–H and O–H groups in total. The molecule has 124 valence electrons. The molecule has 0 bridgehead atoms. The molecule has 1 aromatic heterocycles. The van der Waals surface area contributed by atoms with Crippen LogP contribution >= 0.6 is 0 Å². The van der Waals surface area contributed by atoms with E-state index in [9.17, 15) is 8.42 Å². The summed E-state index contributed by atoms with van der Waals surface area (Å²) in [6, 6.07) is 14.0. The highest BCUT2D eigenvalue weighted by atomic mass is 32.2. The number of sulfonamides is 1. The van der Waals surface area contributed by atoms with Crippen LogP contribution in [0.5, 0.6) is 0 Å². The largest absolute Gasteiger partial charge is 0.260 e. The Hall–Kier alpha value is -2.23. The molecule has 1 aliphatic heterocycles. The third-order valence-electron chi connectivity index (χ3n) is 4.26. The minimum atomic E-state index is -3.57. The molecule has 5 nitrogen and oxygen atoms in total. The quantitative estimate of drug-likeness (QED) is 0.860. The first-order valence-electron chi connectivity index (χ1n) is 7.98. The van der Waals surface area contributed by atoms with Crippen molar-refractivity contribution >= 4 is 10.0 Å². The van der Waals surface area contributed by atoms with E-state index >= 15 is 0 Å². The fourth-order valence-electron chi connectivity index (χ4n) is 2.93. The highest BCUT2D eigenvalue weighted by Gasteiger charge is 2.29. The molecule has 1 atom stereocenters. The summed E-state index contributed by atoms with van der Waals surface area (Å²) in [7, 11) is -3.57. The molecular formula is C18H19N3O2S. The summed E-state index contributed by atoms with van der Waals surface area (Å²) in [5.41, 5.74) is 1.94. The lowest BCUT2D eigenvalue weighted by Crippen LogP contribution is -2.39. The van der Waals surface area contributed by atoms with E-state index in [1.54, 1.807) is 42.5 Å². The van der Waals surface area contributed by atoms with E-state index in [4.69, 9.17) is 5.26 Å². The third-order valence-corrected chi connectivity index (χ3v) is 6.02. The van der Waals surface area contributed by atoms with Crippen molar-refractivity contribution in [2.75, 3.05) is 13.1 Å². The van der Waals surface area contributed by atoms with E-state index < -0.39 is 10.0 Å². The Kier molecular flexibility index (Phi) is 4.65. The summed E-state index contributed by atoms with van der Waals surface area (Å²) in [5, 5.41) is 8.95. The van der Waals surface area contributed by atoms with Crippen molar-refractivity contribution in [3.63, 3.8) is 0 Å². The maximum Gasteiger partial charge on any atom is 0.260 e. The van der Waals surface area contributed by atoms with Crippen molar-refractivity contribution in [1.82, 2.24) is 9.29 Å². The number of nitriles is 1. The Bertz CT molecular complexity index is 870. The molecule has 0 radical (unpaired) electrons. The van der Waals surface area contributed by atoms with E-state index in [1.165, 1.54) is 4.31 Å². The molecular weight excluding hydrogens is 322 g/mol. The second kappa shape index (κ2) is 6.71. The molecule has 1 saturated heterocycles. The van der Waals surface area contributed by atoms with Crippen molar-refractivity contribution in [2.45, 2.75) is 24.8 Å². The molecule has 2 aromatic rings. The van der Waals surface area contributed by atoms with Gasteiger partial charge in [-0.2, -0.15) is 9.57 Å². The van der Waals surface area contributed by atoms with Crippen molar-refractivity contribution in [3.8, 4) is 17.3 Å². The molecule has 1 aromatic carbocycles. The van der Waals surface area contributed by atoms with Gasteiger partial charge in [0.25, 0.3) is 10.0 Å². The Labute approximate surface area is 142 Å². The van der Waals surface area contributed by atoms with Gasteiger partial charge in [-0.3, -0.25) is 0 Å². The molecule has 6 heteroatoms. The lowest BCUT2D eigenvalue weighted by molar-refractivity contribution is 0.280. The average Bonchev–Trinajstić information content (AvgIpc) is 2.62. The van der Waals surface area contributed by atoms with E-state index in [-0.39, 0.29) is 5.03 Å². The predicted molar refractivity (Wildman–Crippen MR) is 91.5 cm³/mol. The van der Waals surface area contributed by atoms with Gasteiger partial charge >= 0.3 is 0 Å². The van der Waals surface area contributed by atoms with Gasteiger partial charge in [-0.1, -0.05) is 25.1 Å². The summed E-state index contributed by atoms with van der Waals surface area (Å²) in [6.07, 6.45) is 1.94. The first-order chi connectivity index (χ1) is 11.5. The molecule has 3 rings (SSSR count). The van der Waals surface area contributed by atoms with Gasteiger partial charge in [-0.25, -0.2) is 13.4 Å². The SMILES string of the molecule is CC1CCCN(S(=O)(=O)c2cccc(-c3ccc(C#N)cc3)n2)C1. The summed E-state index contributed by atoms with van der Waals surface area (Å²) < 4.78 is 27.2.